The van der Waals surface area contributed by atoms with E-state index in [4.69, 9.17) is 4.74 Å². The average molecular weight is 328 g/mol. The molecule has 2 aromatic heterocycles. The number of aromatic hydroxyl groups is 1. The molecule has 0 amide bonds. The number of imidazole rings is 1. The summed E-state index contributed by atoms with van der Waals surface area (Å²) in [6.45, 7) is 1.84. The quantitative estimate of drug-likeness (QED) is 0.583. The van der Waals surface area contributed by atoms with E-state index in [9.17, 15) is 14.3 Å². The number of halogens is 1. The second-order valence-corrected chi connectivity index (χ2v) is 4.80. The molecule has 1 aromatic carbocycles. The maximum absolute atomic E-state index is 13.5. The number of carbonyl (C=O) groups excluding carboxylic acids is 1. The van der Waals surface area contributed by atoms with Crippen molar-refractivity contribution in [3.63, 3.8) is 0 Å². The second kappa shape index (κ2) is 6.45. The van der Waals surface area contributed by atoms with Crippen LogP contribution in [0.1, 0.15) is 17.4 Å². The fraction of sp³-hybridized carbons (Fsp3) is 0.125. The lowest BCUT2D eigenvalue weighted by molar-refractivity contribution is 0.0521. The highest BCUT2D eigenvalue weighted by Crippen LogP contribution is 2.26. The van der Waals surface area contributed by atoms with Crippen LogP contribution in [0.2, 0.25) is 0 Å². The highest BCUT2D eigenvalue weighted by molar-refractivity contribution is 5.93. The van der Waals surface area contributed by atoms with Gasteiger partial charge < -0.3 is 9.84 Å². The molecule has 0 unspecified atom stereocenters. The third kappa shape index (κ3) is 3.07. The van der Waals surface area contributed by atoms with Gasteiger partial charge in [0.2, 0.25) is 0 Å². The van der Waals surface area contributed by atoms with Crippen LogP contribution in [-0.2, 0) is 4.74 Å². The lowest BCUT2D eigenvalue weighted by Crippen LogP contribution is -2.05. The van der Waals surface area contributed by atoms with Crippen molar-refractivity contribution in [1.82, 2.24) is 9.38 Å². The lowest BCUT2D eigenvalue weighted by Gasteiger charge is -2.00. The molecule has 0 aliphatic heterocycles. The zero-order valence-corrected chi connectivity index (χ0v) is 12.7. The van der Waals surface area contributed by atoms with E-state index in [-0.39, 0.29) is 23.9 Å². The molecule has 24 heavy (non-hydrogen) atoms. The Kier molecular flexibility index (Phi) is 4.19. The van der Waals surface area contributed by atoms with Gasteiger partial charge in [-0.05, 0) is 31.2 Å². The summed E-state index contributed by atoms with van der Waals surface area (Å²) in [4.78, 5) is 16.2. The van der Waals surface area contributed by atoms with Crippen LogP contribution in [0.5, 0.6) is 5.75 Å². The Balaban J connectivity index is 2.11. The van der Waals surface area contributed by atoms with Gasteiger partial charge in [0.25, 0.3) is 0 Å². The largest absolute Gasteiger partial charge is 0.508 e. The summed E-state index contributed by atoms with van der Waals surface area (Å²) in [5.41, 5.74) is 0.645. The zero-order valence-electron chi connectivity index (χ0n) is 12.7. The van der Waals surface area contributed by atoms with Gasteiger partial charge in [-0.25, -0.2) is 14.2 Å². The third-order valence-corrected chi connectivity index (χ3v) is 3.12. The van der Waals surface area contributed by atoms with Gasteiger partial charge in [0, 0.05) is 12.3 Å². The van der Waals surface area contributed by atoms with Crippen molar-refractivity contribution in [3.8, 4) is 5.75 Å². The fourth-order valence-electron chi connectivity index (χ4n) is 2.10. The molecule has 3 aromatic rings. The van der Waals surface area contributed by atoms with Crippen LogP contribution in [0.25, 0.3) is 5.65 Å². The van der Waals surface area contributed by atoms with Crippen LogP contribution in [0.3, 0.4) is 0 Å². The van der Waals surface area contributed by atoms with Crippen molar-refractivity contribution < 1.29 is 19.0 Å². The molecule has 0 atom stereocenters. The number of pyridine rings is 1. The van der Waals surface area contributed by atoms with E-state index in [1.54, 1.807) is 19.1 Å². The lowest BCUT2D eigenvalue weighted by atomic mass is 10.3. The molecule has 0 saturated carbocycles. The number of carbonyl (C=O) groups is 1. The first kappa shape index (κ1) is 15.6. The second-order valence-electron chi connectivity index (χ2n) is 4.80. The summed E-state index contributed by atoms with van der Waals surface area (Å²) in [6.07, 6.45) is 1.15. The molecule has 3 rings (SSSR count). The van der Waals surface area contributed by atoms with Crippen LogP contribution < -0.4 is 0 Å². The van der Waals surface area contributed by atoms with Gasteiger partial charge in [0.1, 0.15) is 17.2 Å². The Morgan fingerprint density at radius 3 is 2.92 bits per heavy atom. The van der Waals surface area contributed by atoms with E-state index in [1.165, 1.54) is 28.7 Å². The maximum atomic E-state index is 13.5. The summed E-state index contributed by atoms with van der Waals surface area (Å²) in [5.74, 6) is -1.11. The standard InChI is InChI=1S/C16H13FN4O3/c1-2-24-16(23)14-15(20-19-11-4-3-5-12(22)8-11)21-9-10(17)6-7-13(21)18-14/h3-9,22H,2H2,1H3. The minimum atomic E-state index is -0.675. The van der Waals surface area contributed by atoms with Crippen molar-refractivity contribution >= 4 is 23.1 Å². The number of aromatic nitrogens is 2. The van der Waals surface area contributed by atoms with E-state index in [0.717, 1.165) is 6.20 Å². The summed E-state index contributed by atoms with van der Waals surface area (Å²) in [5, 5.41) is 17.4. The molecule has 2 heterocycles. The van der Waals surface area contributed by atoms with Crippen molar-refractivity contribution in [3.05, 3.63) is 54.1 Å². The average Bonchev–Trinajstić information content (AvgIpc) is 2.91. The molecular weight excluding hydrogens is 315 g/mol. The van der Waals surface area contributed by atoms with Crippen molar-refractivity contribution in [2.45, 2.75) is 6.92 Å². The number of ether oxygens (including phenoxy) is 1. The van der Waals surface area contributed by atoms with E-state index < -0.39 is 11.8 Å². The number of azo groups is 1. The Hall–Kier alpha value is -3.29. The molecule has 7 nitrogen and oxygen atoms in total. The molecule has 1 N–H and O–H groups in total. The van der Waals surface area contributed by atoms with Gasteiger partial charge in [-0.3, -0.25) is 4.40 Å². The molecule has 0 bridgehead atoms. The molecule has 0 aliphatic carbocycles. The molecule has 0 saturated heterocycles. The van der Waals surface area contributed by atoms with E-state index >= 15 is 0 Å². The summed E-state index contributed by atoms with van der Waals surface area (Å²) >= 11 is 0. The van der Waals surface area contributed by atoms with Crippen LogP contribution in [0.4, 0.5) is 15.9 Å². The smallest absolute Gasteiger partial charge is 0.360 e. The first-order chi connectivity index (χ1) is 11.6. The van der Waals surface area contributed by atoms with Crippen LogP contribution in [-0.4, -0.2) is 27.1 Å². The third-order valence-electron chi connectivity index (χ3n) is 3.12. The van der Waals surface area contributed by atoms with Gasteiger partial charge in [0.15, 0.2) is 11.5 Å². The Bertz CT molecular complexity index is 936. The van der Waals surface area contributed by atoms with Gasteiger partial charge in [-0.15, -0.1) is 10.2 Å². The Labute approximate surface area is 136 Å². The first-order valence-electron chi connectivity index (χ1n) is 7.14. The van der Waals surface area contributed by atoms with Crippen molar-refractivity contribution in [2.75, 3.05) is 6.61 Å². The van der Waals surface area contributed by atoms with Gasteiger partial charge in [-0.1, -0.05) is 6.07 Å². The summed E-state index contributed by atoms with van der Waals surface area (Å²) < 4.78 is 19.8. The minimum absolute atomic E-state index is 0.0289. The van der Waals surface area contributed by atoms with Crippen LogP contribution >= 0.6 is 0 Å². The zero-order chi connectivity index (χ0) is 17.1. The van der Waals surface area contributed by atoms with Crippen LogP contribution in [0, 0.1) is 5.82 Å². The molecule has 8 heteroatoms. The normalized spacial score (nSPS) is 11.2. The minimum Gasteiger partial charge on any atom is -0.508 e. The molecule has 0 spiro atoms. The van der Waals surface area contributed by atoms with Gasteiger partial charge >= 0.3 is 5.97 Å². The SMILES string of the molecule is CCOC(=O)c1nc2ccc(F)cn2c1N=Nc1cccc(O)c1. The summed E-state index contributed by atoms with van der Waals surface area (Å²) in [7, 11) is 0. The monoisotopic (exact) mass is 328 g/mol. The molecule has 0 aliphatic rings. The highest BCUT2D eigenvalue weighted by atomic mass is 19.1. The molecule has 122 valence electrons. The van der Waals surface area contributed by atoms with Crippen LogP contribution in [0.15, 0.2) is 52.8 Å². The Morgan fingerprint density at radius 1 is 1.33 bits per heavy atom. The Morgan fingerprint density at radius 2 is 2.17 bits per heavy atom. The number of phenolic OH excluding ortho intramolecular Hbond substituents is 1. The maximum Gasteiger partial charge on any atom is 0.360 e. The number of rotatable bonds is 4. The van der Waals surface area contributed by atoms with E-state index in [2.05, 4.69) is 15.2 Å². The van der Waals surface area contributed by atoms with Crippen molar-refractivity contribution in [2.24, 2.45) is 10.2 Å². The van der Waals surface area contributed by atoms with Gasteiger partial charge in [-0.2, -0.15) is 0 Å². The van der Waals surface area contributed by atoms with Crippen molar-refractivity contribution in [1.29, 1.82) is 0 Å². The predicted molar refractivity (Wildman–Crippen MR) is 83.4 cm³/mol. The number of nitrogens with zero attached hydrogens (tertiary/aromatic N) is 4. The fourth-order valence-corrected chi connectivity index (χ4v) is 2.10. The summed E-state index contributed by atoms with van der Waals surface area (Å²) in [6, 6.07) is 8.77. The topological polar surface area (TPSA) is 88.5 Å². The number of esters is 1. The first-order valence-corrected chi connectivity index (χ1v) is 7.14. The number of hydrogen-bond acceptors (Lipinski definition) is 6. The van der Waals surface area contributed by atoms with E-state index in [0.29, 0.717) is 11.3 Å². The van der Waals surface area contributed by atoms with E-state index in [1.807, 2.05) is 0 Å². The van der Waals surface area contributed by atoms with Gasteiger partial charge in [0.05, 0.1) is 12.3 Å². The number of hydrogen-bond donors (Lipinski definition) is 1. The molecule has 0 radical (unpaired) electrons. The number of fused-ring (bicyclic) bond motifs is 1. The molecular formula is C16H13FN4O3. The molecule has 0 fully saturated rings. The predicted octanol–water partition coefficient (Wildman–Crippen LogP) is 3.77. The number of phenols is 1. The highest BCUT2D eigenvalue weighted by Gasteiger charge is 2.20. The number of benzene rings is 1.